The van der Waals surface area contributed by atoms with Crippen LogP contribution in [0, 0.1) is 5.41 Å². The van der Waals surface area contributed by atoms with Crippen LogP contribution in [0.4, 0.5) is 5.69 Å². The number of methoxy groups -OCH3 is 1. The number of anilines is 1. The Bertz CT molecular complexity index is 808. The summed E-state index contributed by atoms with van der Waals surface area (Å²) >= 11 is 1.50. The minimum atomic E-state index is -1.28. The summed E-state index contributed by atoms with van der Waals surface area (Å²) in [6, 6.07) is 12.2. The van der Waals surface area contributed by atoms with Crippen LogP contribution in [-0.2, 0) is 10.3 Å². The number of rotatable bonds is 8. The zero-order chi connectivity index (χ0) is 19.3. The van der Waals surface area contributed by atoms with Crippen molar-refractivity contribution < 1.29 is 14.6 Å². The number of ether oxygens (including phenoxy) is 1. The van der Waals surface area contributed by atoms with E-state index in [4.69, 9.17) is 15.9 Å². The van der Waals surface area contributed by atoms with Crippen molar-refractivity contribution in [3.8, 4) is 5.75 Å². The Morgan fingerprint density at radius 1 is 1.31 bits per heavy atom. The maximum absolute atomic E-state index is 12.2. The Morgan fingerprint density at radius 3 is 2.42 bits per heavy atom. The van der Waals surface area contributed by atoms with Gasteiger partial charge >= 0.3 is 5.97 Å². The Labute approximate surface area is 157 Å². The van der Waals surface area contributed by atoms with Crippen LogP contribution in [0.3, 0.4) is 0 Å². The molecule has 0 heterocycles. The molecule has 0 fully saturated rings. The van der Waals surface area contributed by atoms with E-state index in [0.717, 1.165) is 4.90 Å². The Hall–Kier alpha value is -2.67. The summed E-state index contributed by atoms with van der Waals surface area (Å²) in [4.78, 5) is 13.1. The number of nitrogens with two attached hydrogens (primary N) is 1. The molecule has 6 nitrogen and oxygen atoms in total. The zero-order valence-corrected chi connectivity index (χ0v) is 15.8. The number of hydrogen-bond acceptors (Lipinski definition) is 5. The van der Waals surface area contributed by atoms with Gasteiger partial charge in [-0.05, 0) is 54.6 Å². The van der Waals surface area contributed by atoms with Gasteiger partial charge in [-0.1, -0.05) is 13.0 Å². The standard InChI is InChI=1S/C19H23N3O3S/c1-4-19(18(23)24,13-7-10-15(25-2)16(11-13)26-3)22-14-8-5-12(6-9-14)17(20)21/h5-11,22H,4H2,1-3H3,(H3,20,21)(H,23,24). The van der Waals surface area contributed by atoms with E-state index >= 15 is 0 Å². The maximum Gasteiger partial charge on any atom is 0.334 e. The van der Waals surface area contributed by atoms with Crippen molar-refractivity contribution >= 4 is 29.3 Å². The fourth-order valence-electron chi connectivity index (χ4n) is 2.77. The van der Waals surface area contributed by atoms with Gasteiger partial charge in [-0.15, -0.1) is 11.8 Å². The lowest BCUT2D eigenvalue weighted by molar-refractivity contribution is -0.142. The molecule has 0 radical (unpaired) electrons. The molecule has 7 heteroatoms. The highest BCUT2D eigenvalue weighted by Crippen LogP contribution is 2.36. The van der Waals surface area contributed by atoms with E-state index in [1.54, 1.807) is 43.5 Å². The van der Waals surface area contributed by atoms with Crippen LogP contribution in [0.15, 0.2) is 47.4 Å². The third kappa shape index (κ3) is 3.77. The quantitative estimate of drug-likeness (QED) is 0.320. The van der Waals surface area contributed by atoms with Gasteiger partial charge < -0.3 is 20.9 Å². The van der Waals surface area contributed by atoms with Gasteiger partial charge in [0.2, 0.25) is 0 Å². The average Bonchev–Trinajstić information content (AvgIpc) is 2.65. The van der Waals surface area contributed by atoms with E-state index in [1.165, 1.54) is 11.8 Å². The highest BCUT2D eigenvalue weighted by Gasteiger charge is 2.39. The van der Waals surface area contributed by atoms with Crippen molar-refractivity contribution in [3.63, 3.8) is 0 Å². The molecule has 1 unspecified atom stereocenters. The molecule has 2 aromatic rings. The van der Waals surface area contributed by atoms with Gasteiger partial charge in [0.1, 0.15) is 11.6 Å². The van der Waals surface area contributed by atoms with Crippen molar-refractivity contribution in [2.45, 2.75) is 23.8 Å². The number of carbonyl (C=O) groups is 1. The number of benzene rings is 2. The minimum absolute atomic E-state index is 0.0312. The number of thioether (sulfide) groups is 1. The van der Waals surface area contributed by atoms with Crippen molar-refractivity contribution in [1.29, 1.82) is 5.41 Å². The molecule has 0 amide bonds. The largest absolute Gasteiger partial charge is 0.496 e. The lowest BCUT2D eigenvalue weighted by Crippen LogP contribution is -2.43. The van der Waals surface area contributed by atoms with Crippen LogP contribution in [-0.4, -0.2) is 30.3 Å². The van der Waals surface area contributed by atoms with Crippen LogP contribution in [0.5, 0.6) is 5.75 Å². The summed E-state index contributed by atoms with van der Waals surface area (Å²) in [7, 11) is 1.59. The van der Waals surface area contributed by atoms with Gasteiger partial charge in [-0.25, -0.2) is 4.79 Å². The Kier molecular flexibility index (Phi) is 6.15. The van der Waals surface area contributed by atoms with E-state index in [1.807, 2.05) is 19.2 Å². The molecule has 0 bridgehead atoms. The van der Waals surface area contributed by atoms with Gasteiger partial charge in [-0.2, -0.15) is 0 Å². The summed E-state index contributed by atoms with van der Waals surface area (Å²) in [5.74, 6) is -0.286. The molecule has 1 atom stereocenters. The number of carboxylic acid groups (broad SMARTS) is 1. The number of amidine groups is 1. The molecule has 2 rings (SSSR count). The van der Waals surface area contributed by atoms with Crippen molar-refractivity contribution in [1.82, 2.24) is 0 Å². The van der Waals surface area contributed by atoms with Crippen molar-refractivity contribution in [2.75, 3.05) is 18.7 Å². The van der Waals surface area contributed by atoms with Crippen molar-refractivity contribution in [2.24, 2.45) is 5.73 Å². The van der Waals surface area contributed by atoms with Crippen LogP contribution in [0.25, 0.3) is 0 Å². The molecule has 0 aromatic heterocycles. The second-order valence-electron chi connectivity index (χ2n) is 5.75. The maximum atomic E-state index is 12.2. The molecular formula is C19H23N3O3S. The van der Waals surface area contributed by atoms with E-state index < -0.39 is 11.5 Å². The first-order valence-corrected chi connectivity index (χ1v) is 9.29. The summed E-state index contributed by atoms with van der Waals surface area (Å²) in [5.41, 5.74) is 6.06. The highest BCUT2D eigenvalue weighted by atomic mass is 32.2. The van der Waals surface area contributed by atoms with Gasteiger partial charge in [0.05, 0.1) is 7.11 Å². The Balaban J connectivity index is 2.48. The van der Waals surface area contributed by atoms with Crippen molar-refractivity contribution in [3.05, 3.63) is 53.6 Å². The molecule has 0 aliphatic carbocycles. The minimum Gasteiger partial charge on any atom is -0.496 e. The lowest BCUT2D eigenvalue weighted by Gasteiger charge is -2.31. The van der Waals surface area contributed by atoms with Crippen LogP contribution in [0.2, 0.25) is 0 Å². The van der Waals surface area contributed by atoms with E-state index in [0.29, 0.717) is 29.0 Å². The second kappa shape index (κ2) is 8.14. The topological polar surface area (TPSA) is 108 Å². The number of nitrogens with one attached hydrogen (secondary N) is 2. The lowest BCUT2D eigenvalue weighted by atomic mass is 9.86. The summed E-state index contributed by atoms with van der Waals surface area (Å²) in [6.07, 6.45) is 2.26. The molecule has 2 aromatic carbocycles. The molecule has 138 valence electrons. The molecular weight excluding hydrogens is 350 g/mol. The SMILES string of the molecule is CCC(Nc1ccc(C(=N)N)cc1)(C(=O)O)c1ccc(OC)c(SC)c1. The molecule has 26 heavy (non-hydrogen) atoms. The number of aliphatic carboxylic acids is 1. The second-order valence-corrected chi connectivity index (χ2v) is 6.60. The zero-order valence-electron chi connectivity index (χ0n) is 15.0. The Morgan fingerprint density at radius 2 is 1.96 bits per heavy atom. The normalized spacial score (nSPS) is 12.9. The molecule has 0 spiro atoms. The molecule has 0 saturated heterocycles. The van der Waals surface area contributed by atoms with Gasteiger partial charge in [0.15, 0.2) is 5.54 Å². The van der Waals surface area contributed by atoms with Crippen LogP contribution >= 0.6 is 11.8 Å². The van der Waals surface area contributed by atoms with Crippen LogP contribution in [0.1, 0.15) is 24.5 Å². The summed E-state index contributed by atoms with van der Waals surface area (Å²) in [6.45, 7) is 1.83. The highest BCUT2D eigenvalue weighted by molar-refractivity contribution is 7.98. The van der Waals surface area contributed by atoms with Gasteiger partial charge in [0.25, 0.3) is 0 Å². The number of hydrogen-bond donors (Lipinski definition) is 4. The summed E-state index contributed by atoms with van der Waals surface area (Å²) < 4.78 is 5.33. The van der Waals surface area contributed by atoms with Gasteiger partial charge in [0, 0.05) is 16.1 Å². The first-order chi connectivity index (χ1) is 12.4. The molecule has 0 aliphatic rings. The first kappa shape index (κ1) is 19.7. The molecule has 5 N–H and O–H groups in total. The average molecular weight is 373 g/mol. The fraction of sp³-hybridized carbons (Fsp3) is 0.263. The van der Waals surface area contributed by atoms with E-state index in [9.17, 15) is 9.90 Å². The smallest absolute Gasteiger partial charge is 0.334 e. The first-order valence-electron chi connectivity index (χ1n) is 8.06. The third-order valence-corrected chi connectivity index (χ3v) is 5.08. The molecule has 0 aliphatic heterocycles. The third-order valence-electron chi connectivity index (χ3n) is 4.33. The molecule has 0 saturated carbocycles. The summed E-state index contributed by atoms with van der Waals surface area (Å²) in [5, 5.41) is 20.6. The van der Waals surface area contributed by atoms with E-state index in [2.05, 4.69) is 5.32 Å². The number of carboxylic acids is 1. The predicted octanol–water partition coefficient (Wildman–Crippen LogP) is 3.50. The monoisotopic (exact) mass is 373 g/mol. The number of nitrogen functional groups attached to an aromatic ring is 1. The predicted molar refractivity (Wildman–Crippen MR) is 105 cm³/mol. The van der Waals surface area contributed by atoms with Gasteiger partial charge in [-0.3, -0.25) is 5.41 Å². The van der Waals surface area contributed by atoms with Crippen LogP contribution < -0.4 is 15.8 Å². The van der Waals surface area contributed by atoms with E-state index in [-0.39, 0.29) is 5.84 Å². The fourth-order valence-corrected chi connectivity index (χ4v) is 3.37.